The van der Waals surface area contributed by atoms with Gasteiger partial charge >= 0.3 is 0 Å². The number of hydrogen-bond acceptors (Lipinski definition) is 3. The molecule has 0 aromatic heterocycles. The van der Waals surface area contributed by atoms with Gasteiger partial charge in [-0.1, -0.05) is 36.4 Å². The smallest absolute Gasteiger partial charge is 0.264 e. The SMILES string of the molecule is Cc1ccc(C)c(NC(=O)c2cccc(S(=O)(=O)N3CCc4ccccc43)c2)c1. The summed E-state index contributed by atoms with van der Waals surface area (Å²) < 4.78 is 27.9. The lowest BCUT2D eigenvalue weighted by atomic mass is 10.1. The lowest BCUT2D eigenvalue weighted by molar-refractivity contribution is 0.102. The third-order valence-corrected chi connectivity index (χ3v) is 6.98. The van der Waals surface area contributed by atoms with Crippen LogP contribution in [0.5, 0.6) is 0 Å². The molecule has 4 rings (SSSR count). The summed E-state index contributed by atoms with van der Waals surface area (Å²) in [7, 11) is -3.74. The van der Waals surface area contributed by atoms with Crippen LogP contribution in [0.25, 0.3) is 0 Å². The largest absolute Gasteiger partial charge is 0.322 e. The average Bonchev–Trinajstić information content (AvgIpc) is 3.16. The number of benzene rings is 3. The second kappa shape index (κ2) is 7.37. The first kappa shape index (κ1) is 19.2. The number of carbonyl (C=O) groups excluding carboxylic acids is 1. The Morgan fingerprint density at radius 2 is 1.76 bits per heavy atom. The van der Waals surface area contributed by atoms with Crippen LogP contribution >= 0.6 is 0 Å². The highest BCUT2D eigenvalue weighted by Gasteiger charge is 2.30. The monoisotopic (exact) mass is 406 g/mol. The third kappa shape index (κ3) is 3.63. The van der Waals surface area contributed by atoms with Crippen molar-refractivity contribution < 1.29 is 13.2 Å². The molecule has 0 fully saturated rings. The lowest BCUT2D eigenvalue weighted by Crippen LogP contribution is -2.29. The van der Waals surface area contributed by atoms with E-state index in [9.17, 15) is 13.2 Å². The van der Waals surface area contributed by atoms with E-state index in [-0.39, 0.29) is 10.8 Å². The molecule has 0 bridgehead atoms. The molecule has 1 aliphatic rings. The molecule has 0 spiro atoms. The van der Waals surface area contributed by atoms with Crippen molar-refractivity contribution >= 4 is 27.3 Å². The van der Waals surface area contributed by atoms with Gasteiger partial charge in [-0.05, 0) is 67.3 Å². The van der Waals surface area contributed by atoms with Crippen molar-refractivity contribution in [2.24, 2.45) is 0 Å². The summed E-state index contributed by atoms with van der Waals surface area (Å²) in [5, 5.41) is 2.88. The summed E-state index contributed by atoms with van der Waals surface area (Å²) in [6.07, 6.45) is 0.683. The molecule has 0 unspecified atom stereocenters. The van der Waals surface area contributed by atoms with Crippen LogP contribution in [0.15, 0.2) is 71.6 Å². The maximum absolute atomic E-state index is 13.2. The van der Waals surface area contributed by atoms with Gasteiger partial charge in [-0.3, -0.25) is 9.10 Å². The van der Waals surface area contributed by atoms with E-state index in [1.165, 1.54) is 16.4 Å². The van der Waals surface area contributed by atoms with Crippen LogP contribution in [0.1, 0.15) is 27.0 Å². The van der Waals surface area contributed by atoms with Crippen molar-refractivity contribution in [2.45, 2.75) is 25.2 Å². The van der Waals surface area contributed by atoms with Crippen molar-refractivity contribution in [3.8, 4) is 0 Å². The van der Waals surface area contributed by atoms with Gasteiger partial charge in [0.25, 0.3) is 15.9 Å². The highest BCUT2D eigenvalue weighted by Crippen LogP contribution is 2.32. The maximum atomic E-state index is 13.2. The van der Waals surface area contributed by atoms with Gasteiger partial charge in [0.15, 0.2) is 0 Å². The molecule has 0 aliphatic carbocycles. The fourth-order valence-corrected chi connectivity index (χ4v) is 5.10. The van der Waals surface area contributed by atoms with Crippen molar-refractivity contribution in [3.63, 3.8) is 0 Å². The van der Waals surface area contributed by atoms with Crippen LogP contribution in [0.4, 0.5) is 11.4 Å². The molecule has 1 N–H and O–H groups in total. The zero-order chi connectivity index (χ0) is 20.6. The highest BCUT2D eigenvalue weighted by atomic mass is 32.2. The van der Waals surface area contributed by atoms with Crippen molar-refractivity contribution in [1.29, 1.82) is 0 Å². The fourth-order valence-electron chi connectivity index (χ4n) is 3.55. The highest BCUT2D eigenvalue weighted by molar-refractivity contribution is 7.92. The molecule has 29 heavy (non-hydrogen) atoms. The molecule has 1 aliphatic heterocycles. The third-order valence-electron chi connectivity index (χ3n) is 5.17. The van der Waals surface area contributed by atoms with Gasteiger partial charge in [-0.2, -0.15) is 0 Å². The molecule has 6 heteroatoms. The van der Waals surface area contributed by atoms with Crippen LogP contribution in [-0.2, 0) is 16.4 Å². The Morgan fingerprint density at radius 1 is 0.966 bits per heavy atom. The van der Waals surface area contributed by atoms with Gasteiger partial charge in [-0.25, -0.2) is 8.42 Å². The molecule has 3 aromatic rings. The summed E-state index contributed by atoms with van der Waals surface area (Å²) in [5.41, 5.74) is 4.73. The quantitative estimate of drug-likeness (QED) is 0.702. The summed E-state index contributed by atoms with van der Waals surface area (Å²) >= 11 is 0. The fraction of sp³-hybridized carbons (Fsp3) is 0.174. The minimum atomic E-state index is -3.74. The van der Waals surface area contributed by atoms with Crippen LogP contribution in [-0.4, -0.2) is 20.9 Å². The number of carbonyl (C=O) groups is 1. The molecule has 148 valence electrons. The van der Waals surface area contributed by atoms with Crippen LogP contribution in [0.2, 0.25) is 0 Å². The van der Waals surface area contributed by atoms with E-state index in [1.807, 2.05) is 56.3 Å². The maximum Gasteiger partial charge on any atom is 0.264 e. The summed E-state index contributed by atoms with van der Waals surface area (Å²) in [4.78, 5) is 12.9. The van der Waals surface area contributed by atoms with E-state index < -0.39 is 10.0 Å². The number of fused-ring (bicyclic) bond motifs is 1. The second-order valence-corrected chi connectivity index (χ2v) is 9.12. The topological polar surface area (TPSA) is 66.5 Å². The van der Waals surface area contributed by atoms with E-state index in [0.717, 1.165) is 22.4 Å². The van der Waals surface area contributed by atoms with Gasteiger partial charge < -0.3 is 5.32 Å². The molecule has 1 amide bonds. The number of rotatable bonds is 4. The van der Waals surface area contributed by atoms with E-state index in [4.69, 9.17) is 0 Å². The van der Waals surface area contributed by atoms with Crippen LogP contribution in [0.3, 0.4) is 0 Å². The zero-order valence-electron chi connectivity index (χ0n) is 16.3. The normalized spacial score (nSPS) is 13.2. The predicted molar refractivity (Wildman–Crippen MR) is 115 cm³/mol. The van der Waals surface area contributed by atoms with E-state index in [2.05, 4.69) is 5.32 Å². The number of amides is 1. The van der Waals surface area contributed by atoms with Crippen molar-refractivity contribution in [2.75, 3.05) is 16.2 Å². The standard InChI is InChI=1S/C23H22N2O3S/c1-16-10-11-17(2)21(14-16)24-23(26)19-7-5-8-20(15-19)29(27,28)25-13-12-18-6-3-4-9-22(18)25/h3-11,14-15H,12-13H2,1-2H3,(H,24,26). The molecule has 0 atom stereocenters. The molecular formula is C23H22N2O3S. The first-order chi connectivity index (χ1) is 13.9. The van der Waals surface area contributed by atoms with Crippen LogP contribution in [0, 0.1) is 13.8 Å². The van der Waals surface area contributed by atoms with E-state index in [1.54, 1.807) is 12.1 Å². The number of nitrogens with zero attached hydrogens (tertiary/aromatic N) is 1. The Kier molecular flexibility index (Phi) is 4.88. The molecule has 5 nitrogen and oxygen atoms in total. The van der Waals surface area contributed by atoms with Gasteiger partial charge in [-0.15, -0.1) is 0 Å². The Hall–Kier alpha value is -3.12. The number of hydrogen-bond donors (Lipinski definition) is 1. The Bertz CT molecular complexity index is 1200. The Labute approximate surface area is 171 Å². The molecule has 0 saturated heterocycles. The van der Waals surface area contributed by atoms with Gasteiger partial charge in [0.2, 0.25) is 0 Å². The Morgan fingerprint density at radius 3 is 2.59 bits per heavy atom. The van der Waals surface area contributed by atoms with Crippen LogP contribution < -0.4 is 9.62 Å². The minimum absolute atomic E-state index is 0.114. The number of nitrogens with one attached hydrogen (secondary N) is 1. The van der Waals surface area contributed by atoms with Crippen molar-refractivity contribution in [1.82, 2.24) is 0 Å². The first-order valence-corrected chi connectivity index (χ1v) is 10.9. The zero-order valence-corrected chi connectivity index (χ0v) is 17.2. The Balaban J connectivity index is 1.63. The minimum Gasteiger partial charge on any atom is -0.322 e. The van der Waals surface area contributed by atoms with Crippen molar-refractivity contribution in [3.05, 3.63) is 89.0 Å². The molecular weight excluding hydrogens is 384 g/mol. The summed E-state index contributed by atoms with van der Waals surface area (Å²) in [6, 6.07) is 19.5. The lowest BCUT2D eigenvalue weighted by Gasteiger charge is -2.20. The molecule has 1 heterocycles. The van der Waals surface area contributed by atoms with Gasteiger partial charge in [0.1, 0.15) is 0 Å². The number of anilines is 2. The second-order valence-electron chi connectivity index (χ2n) is 7.26. The van der Waals surface area contributed by atoms with E-state index >= 15 is 0 Å². The first-order valence-electron chi connectivity index (χ1n) is 9.45. The molecule has 0 radical (unpaired) electrons. The van der Waals surface area contributed by atoms with E-state index in [0.29, 0.717) is 24.2 Å². The number of aryl methyl sites for hydroxylation is 2. The van der Waals surface area contributed by atoms with Gasteiger partial charge in [0, 0.05) is 17.8 Å². The number of sulfonamides is 1. The summed E-state index contributed by atoms with van der Waals surface area (Å²) in [5.74, 6) is -0.336. The molecule has 0 saturated carbocycles. The molecule has 3 aromatic carbocycles. The van der Waals surface area contributed by atoms with Gasteiger partial charge in [0.05, 0.1) is 10.6 Å². The summed E-state index contributed by atoms with van der Waals surface area (Å²) in [6.45, 7) is 4.28. The number of para-hydroxylation sites is 1. The predicted octanol–water partition coefficient (Wildman–Crippen LogP) is 4.31. The average molecular weight is 407 g/mol.